The number of hydrogen-bond donors (Lipinski definition) is 1. The van der Waals surface area contributed by atoms with Gasteiger partial charge >= 0.3 is 6.09 Å². The second-order valence-electron chi connectivity index (χ2n) is 6.77. The standard InChI is InChI=1S/C17H24ClN3O3/c1-17(2,3)24-16(23)21-10-8-20(9-11-21)12-15(22)19-14-7-5-4-6-13(14)18/h4-7H,8-12H2,1-3H3,(H,19,22). The average molecular weight is 354 g/mol. The van der Waals surface area contributed by atoms with Crippen LogP contribution in [0.4, 0.5) is 10.5 Å². The third kappa shape index (κ3) is 5.69. The molecule has 1 aliphatic heterocycles. The Morgan fingerprint density at radius 3 is 2.38 bits per heavy atom. The molecule has 0 bridgehead atoms. The van der Waals surface area contributed by atoms with Gasteiger partial charge in [0, 0.05) is 26.2 Å². The summed E-state index contributed by atoms with van der Waals surface area (Å²) in [6.07, 6.45) is -0.303. The number of piperazine rings is 1. The first-order valence-electron chi connectivity index (χ1n) is 7.99. The van der Waals surface area contributed by atoms with Crippen LogP contribution in [0.25, 0.3) is 0 Å². The van der Waals surface area contributed by atoms with Crippen molar-refractivity contribution >= 4 is 29.3 Å². The summed E-state index contributed by atoms with van der Waals surface area (Å²) in [6.45, 7) is 8.18. The molecule has 1 saturated heterocycles. The van der Waals surface area contributed by atoms with Crippen LogP contribution in [0.2, 0.25) is 5.02 Å². The molecule has 24 heavy (non-hydrogen) atoms. The number of ether oxygens (including phenoxy) is 1. The minimum atomic E-state index is -0.497. The van der Waals surface area contributed by atoms with E-state index in [9.17, 15) is 9.59 Å². The zero-order valence-corrected chi connectivity index (χ0v) is 15.1. The van der Waals surface area contributed by atoms with Crippen molar-refractivity contribution in [2.75, 3.05) is 38.0 Å². The van der Waals surface area contributed by atoms with Gasteiger partial charge in [-0.2, -0.15) is 0 Å². The van der Waals surface area contributed by atoms with Crippen LogP contribution >= 0.6 is 11.6 Å². The van der Waals surface area contributed by atoms with E-state index in [1.807, 2.05) is 37.8 Å². The predicted octanol–water partition coefficient (Wildman–Crippen LogP) is 2.83. The van der Waals surface area contributed by atoms with Gasteiger partial charge in [-0.15, -0.1) is 0 Å². The number of carbonyl (C=O) groups is 2. The molecule has 1 aromatic carbocycles. The summed E-state index contributed by atoms with van der Waals surface area (Å²) in [5.41, 5.74) is 0.111. The maximum Gasteiger partial charge on any atom is 0.410 e. The second-order valence-corrected chi connectivity index (χ2v) is 7.18. The molecule has 1 aromatic rings. The summed E-state index contributed by atoms with van der Waals surface area (Å²) >= 11 is 6.03. The number of hydrogen-bond acceptors (Lipinski definition) is 4. The molecule has 1 N–H and O–H groups in total. The largest absolute Gasteiger partial charge is 0.444 e. The summed E-state index contributed by atoms with van der Waals surface area (Å²) < 4.78 is 5.36. The average Bonchev–Trinajstić information content (AvgIpc) is 2.48. The minimum absolute atomic E-state index is 0.117. The van der Waals surface area contributed by atoms with Gasteiger partial charge in [0.05, 0.1) is 17.3 Å². The van der Waals surface area contributed by atoms with Crippen LogP contribution in [-0.4, -0.2) is 60.1 Å². The molecule has 0 radical (unpaired) electrons. The van der Waals surface area contributed by atoms with Crippen molar-refractivity contribution in [1.29, 1.82) is 0 Å². The number of para-hydroxylation sites is 1. The molecule has 0 atom stereocenters. The van der Waals surface area contributed by atoms with E-state index in [2.05, 4.69) is 5.32 Å². The maximum atomic E-state index is 12.1. The van der Waals surface area contributed by atoms with Crippen molar-refractivity contribution in [2.45, 2.75) is 26.4 Å². The van der Waals surface area contributed by atoms with Gasteiger partial charge in [-0.05, 0) is 32.9 Å². The van der Waals surface area contributed by atoms with E-state index < -0.39 is 5.60 Å². The first-order valence-corrected chi connectivity index (χ1v) is 8.37. The van der Waals surface area contributed by atoms with Crippen LogP contribution in [0.15, 0.2) is 24.3 Å². The Balaban J connectivity index is 1.77. The number of benzene rings is 1. The highest BCUT2D eigenvalue weighted by atomic mass is 35.5. The van der Waals surface area contributed by atoms with Crippen molar-refractivity contribution in [3.63, 3.8) is 0 Å². The van der Waals surface area contributed by atoms with E-state index in [1.165, 1.54) is 0 Å². The van der Waals surface area contributed by atoms with Gasteiger partial charge in [-0.25, -0.2) is 4.79 Å². The number of rotatable bonds is 3. The van der Waals surface area contributed by atoms with E-state index in [4.69, 9.17) is 16.3 Å². The van der Waals surface area contributed by atoms with Crippen LogP contribution in [0.1, 0.15) is 20.8 Å². The molecule has 132 valence electrons. The van der Waals surface area contributed by atoms with Crippen LogP contribution in [-0.2, 0) is 9.53 Å². The highest BCUT2D eigenvalue weighted by molar-refractivity contribution is 6.33. The lowest BCUT2D eigenvalue weighted by Gasteiger charge is -2.35. The summed E-state index contributed by atoms with van der Waals surface area (Å²) in [7, 11) is 0. The van der Waals surface area contributed by atoms with Gasteiger partial charge in [0.15, 0.2) is 0 Å². The second kappa shape index (κ2) is 7.85. The number of halogens is 1. The SMILES string of the molecule is CC(C)(C)OC(=O)N1CCN(CC(=O)Nc2ccccc2Cl)CC1. The van der Waals surface area contributed by atoms with Crippen molar-refractivity contribution in [3.05, 3.63) is 29.3 Å². The molecule has 0 saturated carbocycles. The van der Waals surface area contributed by atoms with Crippen LogP contribution < -0.4 is 5.32 Å². The number of carbonyl (C=O) groups excluding carboxylic acids is 2. The third-order valence-electron chi connectivity index (χ3n) is 3.54. The molecular formula is C17H24ClN3O3. The first-order chi connectivity index (χ1) is 11.2. The normalized spacial score (nSPS) is 15.9. The van der Waals surface area contributed by atoms with Crippen LogP contribution in [0.3, 0.4) is 0 Å². The summed E-state index contributed by atoms with van der Waals surface area (Å²) in [5, 5.41) is 3.32. The van der Waals surface area contributed by atoms with Crippen molar-refractivity contribution in [1.82, 2.24) is 9.80 Å². The molecule has 0 aromatic heterocycles. The van der Waals surface area contributed by atoms with E-state index in [0.29, 0.717) is 36.9 Å². The van der Waals surface area contributed by atoms with Gasteiger partial charge in [0.2, 0.25) is 5.91 Å². The van der Waals surface area contributed by atoms with Gasteiger partial charge < -0.3 is 15.0 Å². The van der Waals surface area contributed by atoms with E-state index >= 15 is 0 Å². The molecule has 0 aliphatic carbocycles. The third-order valence-corrected chi connectivity index (χ3v) is 3.87. The van der Waals surface area contributed by atoms with Gasteiger partial charge in [0.1, 0.15) is 5.60 Å². The Labute approximate surface area is 147 Å². The topological polar surface area (TPSA) is 61.9 Å². The zero-order chi connectivity index (χ0) is 17.7. The Kier molecular flexibility index (Phi) is 6.07. The van der Waals surface area contributed by atoms with E-state index in [1.54, 1.807) is 17.0 Å². The van der Waals surface area contributed by atoms with E-state index in [0.717, 1.165) is 0 Å². The smallest absolute Gasteiger partial charge is 0.410 e. The lowest BCUT2D eigenvalue weighted by atomic mass is 10.2. The quantitative estimate of drug-likeness (QED) is 0.907. The molecule has 7 heteroatoms. The van der Waals surface area contributed by atoms with Gasteiger partial charge in [0.25, 0.3) is 0 Å². The van der Waals surface area contributed by atoms with Crippen molar-refractivity contribution < 1.29 is 14.3 Å². The fourth-order valence-corrected chi connectivity index (χ4v) is 2.55. The molecule has 0 spiro atoms. The minimum Gasteiger partial charge on any atom is -0.444 e. The summed E-state index contributed by atoms with van der Waals surface area (Å²) in [4.78, 5) is 27.8. The molecule has 1 fully saturated rings. The molecule has 2 rings (SSSR count). The number of nitrogens with one attached hydrogen (secondary N) is 1. The van der Waals surface area contributed by atoms with E-state index in [-0.39, 0.29) is 18.5 Å². The Hall–Kier alpha value is -1.79. The summed E-state index contributed by atoms with van der Waals surface area (Å²) in [5.74, 6) is -0.117. The maximum absolute atomic E-state index is 12.1. The van der Waals surface area contributed by atoms with Gasteiger partial charge in [-0.3, -0.25) is 9.69 Å². The Morgan fingerprint density at radius 2 is 1.79 bits per heavy atom. The molecule has 1 heterocycles. The lowest BCUT2D eigenvalue weighted by Crippen LogP contribution is -2.51. The number of anilines is 1. The molecule has 2 amide bonds. The monoisotopic (exact) mass is 353 g/mol. The summed E-state index contributed by atoms with van der Waals surface area (Å²) in [6, 6.07) is 7.13. The highest BCUT2D eigenvalue weighted by Crippen LogP contribution is 2.20. The Bertz CT molecular complexity index is 593. The lowest BCUT2D eigenvalue weighted by molar-refractivity contribution is -0.117. The van der Waals surface area contributed by atoms with Crippen LogP contribution in [0, 0.1) is 0 Å². The predicted molar refractivity (Wildman–Crippen MR) is 94.3 cm³/mol. The van der Waals surface area contributed by atoms with Gasteiger partial charge in [-0.1, -0.05) is 23.7 Å². The molecule has 0 unspecified atom stereocenters. The van der Waals surface area contributed by atoms with Crippen molar-refractivity contribution in [2.24, 2.45) is 0 Å². The fraction of sp³-hybridized carbons (Fsp3) is 0.529. The highest BCUT2D eigenvalue weighted by Gasteiger charge is 2.26. The number of amides is 2. The van der Waals surface area contributed by atoms with Crippen molar-refractivity contribution in [3.8, 4) is 0 Å². The zero-order valence-electron chi connectivity index (χ0n) is 14.3. The fourth-order valence-electron chi connectivity index (χ4n) is 2.37. The van der Waals surface area contributed by atoms with Crippen LogP contribution in [0.5, 0.6) is 0 Å². The number of nitrogens with zero attached hydrogens (tertiary/aromatic N) is 2. The first kappa shape index (κ1) is 18.5. The molecule has 6 nitrogen and oxygen atoms in total. The Morgan fingerprint density at radius 1 is 1.17 bits per heavy atom. The molecule has 1 aliphatic rings. The molecular weight excluding hydrogens is 330 g/mol.